The van der Waals surface area contributed by atoms with Crippen molar-refractivity contribution in [2.75, 3.05) is 19.0 Å². The Morgan fingerprint density at radius 1 is 1.17 bits per heavy atom. The molecule has 24 heavy (non-hydrogen) atoms. The van der Waals surface area contributed by atoms with Crippen molar-refractivity contribution in [1.82, 2.24) is 5.32 Å². The van der Waals surface area contributed by atoms with Crippen molar-refractivity contribution < 1.29 is 19.1 Å². The summed E-state index contributed by atoms with van der Waals surface area (Å²) >= 11 is 0. The van der Waals surface area contributed by atoms with Crippen LogP contribution >= 0.6 is 0 Å². The topological polar surface area (TPSA) is 76.7 Å². The van der Waals surface area contributed by atoms with Gasteiger partial charge < -0.3 is 20.1 Å². The minimum atomic E-state index is -0.427. The number of benzene rings is 1. The van der Waals surface area contributed by atoms with Crippen molar-refractivity contribution >= 4 is 17.6 Å². The maximum Gasteiger partial charge on any atom is 0.343 e. The minimum absolute atomic E-state index is 0.0597. The van der Waals surface area contributed by atoms with E-state index in [1.165, 1.54) is 20.0 Å². The van der Waals surface area contributed by atoms with E-state index >= 15 is 0 Å². The largest absolute Gasteiger partial charge is 0.482 e. The summed E-state index contributed by atoms with van der Waals surface area (Å²) in [7, 11) is 1.32. The molecule has 2 aliphatic rings. The lowest BCUT2D eigenvalue weighted by Crippen LogP contribution is -2.39. The fraction of sp³-hybridized carbons (Fsp3) is 0.556. The molecule has 1 aromatic rings. The molecule has 2 bridgehead atoms. The zero-order valence-corrected chi connectivity index (χ0v) is 13.9. The molecule has 6 heteroatoms. The molecule has 0 saturated carbocycles. The zero-order chi connectivity index (χ0) is 16.9. The highest BCUT2D eigenvalue weighted by Gasteiger charge is 2.34. The van der Waals surface area contributed by atoms with Crippen LogP contribution in [-0.4, -0.2) is 37.7 Å². The maximum absolute atomic E-state index is 12.2. The first kappa shape index (κ1) is 16.8. The van der Waals surface area contributed by atoms with Crippen LogP contribution in [0.25, 0.3) is 0 Å². The second-order valence-electron chi connectivity index (χ2n) is 6.62. The van der Waals surface area contributed by atoms with Gasteiger partial charge in [-0.1, -0.05) is 0 Å². The number of hydrogen-bond donors (Lipinski definition) is 2. The van der Waals surface area contributed by atoms with E-state index in [0.717, 1.165) is 18.5 Å². The fourth-order valence-corrected chi connectivity index (χ4v) is 3.65. The third-order valence-electron chi connectivity index (χ3n) is 4.77. The average Bonchev–Trinajstić information content (AvgIpc) is 2.92. The fourth-order valence-electron chi connectivity index (χ4n) is 3.65. The molecule has 2 atom stereocenters. The van der Waals surface area contributed by atoms with Crippen molar-refractivity contribution in [2.24, 2.45) is 5.92 Å². The zero-order valence-electron chi connectivity index (χ0n) is 13.9. The van der Waals surface area contributed by atoms with Crippen LogP contribution in [0, 0.1) is 5.92 Å². The van der Waals surface area contributed by atoms with Crippen LogP contribution in [0.5, 0.6) is 5.75 Å². The number of carbonyl (C=O) groups excluding carboxylic acids is 2. The molecule has 2 saturated heterocycles. The van der Waals surface area contributed by atoms with Crippen LogP contribution in [0.1, 0.15) is 32.1 Å². The van der Waals surface area contributed by atoms with Gasteiger partial charge >= 0.3 is 5.97 Å². The van der Waals surface area contributed by atoms with Gasteiger partial charge in [-0.2, -0.15) is 0 Å². The standard InChI is InChI=1S/C18H24N2O4/c1-23-18(22)11-24-16-6-4-13(5-7-16)20-17(21)10-12-8-14-2-3-15(9-12)19-14/h4-7,12,14-15,19H,2-3,8-11H2,1H3,(H,20,21). The lowest BCUT2D eigenvalue weighted by Gasteiger charge is -2.28. The number of fused-ring (bicyclic) bond motifs is 2. The Labute approximate surface area is 141 Å². The van der Waals surface area contributed by atoms with Crippen LogP contribution < -0.4 is 15.4 Å². The monoisotopic (exact) mass is 332 g/mol. The number of carbonyl (C=O) groups is 2. The van der Waals surface area contributed by atoms with Crippen LogP contribution in [0.4, 0.5) is 5.69 Å². The number of piperidine rings is 1. The average molecular weight is 332 g/mol. The molecular formula is C18H24N2O4. The number of rotatable bonds is 6. The quantitative estimate of drug-likeness (QED) is 0.780. The Hall–Kier alpha value is -2.08. The third kappa shape index (κ3) is 4.47. The number of anilines is 1. The minimum Gasteiger partial charge on any atom is -0.482 e. The van der Waals surface area contributed by atoms with Crippen LogP contribution in [0.2, 0.25) is 0 Å². The number of methoxy groups -OCH3 is 1. The molecule has 3 rings (SSSR count). The molecule has 130 valence electrons. The van der Waals surface area contributed by atoms with Gasteiger partial charge in [-0.15, -0.1) is 0 Å². The van der Waals surface area contributed by atoms with Gasteiger partial charge in [-0.25, -0.2) is 4.79 Å². The van der Waals surface area contributed by atoms with Gasteiger partial charge in [-0.05, 0) is 55.9 Å². The molecule has 2 heterocycles. The van der Waals surface area contributed by atoms with Crippen LogP contribution in [0.3, 0.4) is 0 Å². The van der Waals surface area contributed by atoms with Gasteiger partial charge in [0.05, 0.1) is 7.11 Å². The summed E-state index contributed by atoms with van der Waals surface area (Å²) in [4.78, 5) is 23.3. The van der Waals surface area contributed by atoms with E-state index in [1.807, 2.05) is 0 Å². The number of esters is 1. The van der Waals surface area contributed by atoms with Gasteiger partial charge in [0.25, 0.3) is 0 Å². The molecule has 2 fully saturated rings. The molecule has 1 amide bonds. The van der Waals surface area contributed by atoms with Crippen LogP contribution in [-0.2, 0) is 14.3 Å². The van der Waals surface area contributed by atoms with Crippen LogP contribution in [0.15, 0.2) is 24.3 Å². The number of nitrogens with one attached hydrogen (secondary N) is 2. The van der Waals surface area contributed by atoms with E-state index in [4.69, 9.17) is 4.74 Å². The summed E-state index contributed by atoms with van der Waals surface area (Å²) < 4.78 is 9.79. The van der Waals surface area contributed by atoms with E-state index in [-0.39, 0.29) is 12.5 Å². The summed E-state index contributed by atoms with van der Waals surface area (Å²) in [5, 5.41) is 6.53. The van der Waals surface area contributed by atoms with E-state index in [0.29, 0.717) is 30.2 Å². The lowest BCUT2D eigenvalue weighted by molar-refractivity contribution is -0.142. The summed E-state index contributed by atoms with van der Waals surface area (Å²) in [6, 6.07) is 8.21. The molecule has 0 aromatic heterocycles. The molecule has 1 aromatic carbocycles. The molecule has 6 nitrogen and oxygen atoms in total. The highest BCUT2D eigenvalue weighted by molar-refractivity contribution is 5.90. The summed E-state index contributed by atoms with van der Waals surface area (Å²) in [6.45, 7) is -0.125. The first-order valence-electron chi connectivity index (χ1n) is 8.48. The van der Waals surface area contributed by atoms with E-state index < -0.39 is 5.97 Å². The SMILES string of the molecule is COC(=O)COc1ccc(NC(=O)CC2CC3CCC(C2)N3)cc1. The van der Waals surface area contributed by atoms with Gasteiger partial charge in [-0.3, -0.25) is 4.79 Å². The molecule has 2 N–H and O–H groups in total. The van der Waals surface area contributed by atoms with E-state index in [2.05, 4.69) is 15.4 Å². The molecule has 2 unspecified atom stereocenters. The number of ether oxygens (including phenoxy) is 2. The summed E-state index contributed by atoms with van der Waals surface area (Å²) in [5.41, 5.74) is 0.738. The third-order valence-corrected chi connectivity index (χ3v) is 4.77. The molecule has 2 aliphatic heterocycles. The predicted molar refractivity (Wildman–Crippen MR) is 89.9 cm³/mol. The Morgan fingerprint density at radius 2 is 1.83 bits per heavy atom. The van der Waals surface area contributed by atoms with E-state index in [9.17, 15) is 9.59 Å². The van der Waals surface area contributed by atoms with Crippen molar-refractivity contribution in [3.8, 4) is 5.75 Å². The predicted octanol–water partition coefficient (Wildman–Crippen LogP) is 2.10. The second kappa shape index (κ2) is 7.66. The first-order chi connectivity index (χ1) is 11.6. The lowest BCUT2D eigenvalue weighted by atomic mass is 9.89. The second-order valence-corrected chi connectivity index (χ2v) is 6.62. The molecule has 0 aliphatic carbocycles. The van der Waals surface area contributed by atoms with Crippen molar-refractivity contribution in [1.29, 1.82) is 0 Å². The molecule has 0 radical (unpaired) electrons. The number of hydrogen-bond acceptors (Lipinski definition) is 5. The smallest absolute Gasteiger partial charge is 0.343 e. The number of amides is 1. The van der Waals surface area contributed by atoms with Gasteiger partial charge in [0, 0.05) is 24.2 Å². The maximum atomic E-state index is 12.2. The van der Waals surface area contributed by atoms with Crippen molar-refractivity contribution in [3.63, 3.8) is 0 Å². The van der Waals surface area contributed by atoms with Crippen molar-refractivity contribution in [3.05, 3.63) is 24.3 Å². The van der Waals surface area contributed by atoms with E-state index in [1.54, 1.807) is 24.3 Å². The highest BCUT2D eigenvalue weighted by atomic mass is 16.6. The molecule has 0 spiro atoms. The summed E-state index contributed by atoms with van der Waals surface area (Å²) in [5.74, 6) is 0.674. The Bertz CT molecular complexity index is 575. The Balaban J connectivity index is 1.45. The Morgan fingerprint density at radius 3 is 2.46 bits per heavy atom. The van der Waals surface area contributed by atoms with Crippen molar-refractivity contribution in [2.45, 2.75) is 44.2 Å². The molecular weight excluding hydrogens is 308 g/mol. The normalized spacial score (nSPS) is 25.1. The van der Waals surface area contributed by atoms with Gasteiger partial charge in [0.2, 0.25) is 5.91 Å². The Kier molecular flexibility index (Phi) is 5.35. The summed E-state index contributed by atoms with van der Waals surface area (Å²) in [6.07, 6.45) is 5.27. The first-order valence-corrected chi connectivity index (χ1v) is 8.48. The van der Waals surface area contributed by atoms with Gasteiger partial charge in [0.15, 0.2) is 6.61 Å². The highest BCUT2D eigenvalue weighted by Crippen LogP contribution is 2.32. The van der Waals surface area contributed by atoms with Gasteiger partial charge in [0.1, 0.15) is 5.75 Å².